The summed E-state index contributed by atoms with van der Waals surface area (Å²) in [6.07, 6.45) is 1.20. The van der Waals surface area contributed by atoms with Crippen LogP contribution in [0.15, 0.2) is 30.3 Å². The van der Waals surface area contributed by atoms with Gasteiger partial charge in [-0.05, 0) is 17.9 Å². The highest BCUT2D eigenvalue weighted by molar-refractivity contribution is 5.14. The summed E-state index contributed by atoms with van der Waals surface area (Å²) in [4.78, 5) is 0. The van der Waals surface area contributed by atoms with E-state index < -0.39 is 0 Å². The standard InChI is InChI=1S/C10H14.CH4O/c1-9(2)8-10-6-4-3-5-7-10;1-2/h3-7,9H,8H2,1-2H3;2H,1H3. The molecule has 1 rings (SSSR count). The van der Waals surface area contributed by atoms with Crippen LogP contribution < -0.4 is 0 Å². The van der Waals surface area contributed by atoms with Crippen LogP contribution in [0.1, 0.15) is 19.4 Å². The second kappa shape index (κ2) is 6.86. The molecule has 0 aliphatic rings. The molecule has 0 atom stereocenters. The fourth-order valence-electron chi connectivity index (χ4n) is 1.09. The van der Waals surface area contributed by atoms with E-state index in [2.05, 4.69) is 44.2 Å². The molecule has 0 amide bonds. The van der Waals surface area contributed by atoms with Crippen molar-refractivity contribution in [1.82, 2.24) is 0 Å². The Morgan fingerprint density at radius 2 is 1.58 bits per heavy atom. The molecule has 0 spiro atoms. The third kappa shape index (κ3) is 4.91. The molecule has 0 aliphatic carbocycles. The summed E-state index contributed by atoms with van der Waals surface area (Å²) in [6.45, 7) is 4.49. The lowest BCUT2D eigenvalue weighted by Gasteiger charge is -2.02. The minimum absolute atomic E-state index is 0.766. The molecule has 0 aliphatic heterocycles. The summed E-state index contributed by atoms with van der Waals surface area (Å²) in [7, 11) is 1.00. The maximum Gasteiger partial charge on any atom is 0.0319 e. The van der Waals surface area contributed by atoms with Crippen LogP contribution in [0, 0.1) is 5.92 Å². The van der Waals surface area contributed by atoms with E-state index in [0.29, 0.717) is 0 Å². The van der Waals surface area contributed by atoms with Gasteiger partial charge in [0.05, 0.1) is 0 Å². The van der Waals surface area contributed by atoms with Gasteiger partial charge in [0.2, 0.25) is 0 Å². The van der Waals surface area contributed by atoms with Crippen LogP contribution in [0.5, 0.6) is 0 Å². The van der Waals surface area contributed by atoms with E-state index in [1.807, 2.05) is 0 Å². The highest BCUT2D eigenvalue weighted by atomic mass is 16.2. The Morgan fingerprint density at radius 1 is 1.08 bits per heavy atom. The summed E-state index contributed by atoms with van der Waals surface area (Å²) in [5.41, 5.74) is 1.44. The maximum atomic E-state index is 7.00. The van der Waals surface area contributed by atoms with Gasteiger partial charge in [-0.2, -0.15) is 0 Å². The molecule has 1 aromatic rings. The SMILES string of the molecule is CC(C)Cc1ccccc1.CO. The molecule has 0 saturated carbocycles. The minimum atomic E-state index is 0.766. The van der Waals surface area contributed by atoms with Crippen molar-refractivity contribution in [3.63, 3.8) is 0 Å². The van der Waals surface area contributed by atoms with E-state index in [4.69, 9.17) is 5.11 Å². The molecule has 0 unspecified atom stereocenters. The van der Waals surface area contributed by atoms with E-state index in [1.165, 1.54) is 12.0 Å². The normalized spacial score (nSPS) is 9.08. The molecule has 12 heavy (non-hydrogen) atoms. The summed E-state index contributed by atoms with van der Waals surface area (Å²) in [5, 5.41) is 7.00. The Bertz CT molecular complexity index is 179. The first-order valence-corrected chi connectivity index (χ1v) is 4.27. The first-order valence-electron chi connectivity index (χ1n) is 4.27. The second-order valence-corrected chi connectivity index (χ2v) is 3.08. The number of hydrogen-bond donors (Lipinski definition) is 1. The molecule has 1 aromatic carbocycles. The van der Waals surface area contributed by atoms with Crippen molar-refractivity contribution in [2.75, 3.05) is 7.11 Å². The van der Waals surface area contributed by atoms with Gasteiger partial charge in [0, 0.05) is 7.11 Å². The predicted molar refractivity (Wildman–Crippen MR) is 53.1 cm³/mol. The fraction of sp³-hybridized carbons (Fsp3) is 0.455. The van der Waals surface area contributed by atoms with Gasteiger partial charge >= 0.3 is 0 Å². The van der Waals surface area contributed by atoms with Crippen molar-refractivity contribution in [2.45, 2.75) is 20.3 Å². The van der Waals surface area contributed by atoms with E-state index >= 15 is 0 Å². The van der Waals surface area contributed by atoms with Crippen LogP contribution >= 0.6 is 0 Å². The summed E-state index contributed by atoms with van der Waals surface area (Å²) in [6, 6.07) is 10.6. The molecule has 0 saturated heterocycles. The average molecular weight is 166 g/mol. The summed E-state index contributed by atoms with van der Waals surface area (Å²) < 4.78 is 0. The third-order valence-electron chi connectivity index (χ3n) is 1.49. The van der Waals surface area contributed by atoms with E-state index in [1.54, 1.807) is 0 Å². The van der Waals surface area contributed by atoms with Crippen LogP contribution in [-0.4, -0.2) is 12.2 Å². The van der Waals surface area contributed by atoms with Gasteiger partial charge in [-0.25, -0.2) is 0 Å². The van der Waals surface area contributed by atoms with Gasteiger partial charge in [0.25, 0.3) is 0 Å². The lowest BCUT2D eigenvalue weighted by atomic mass is 10.0. The Hall–Kier alpha value is -0.820. The van der Waals surface area contributed by atoms with Crippen LogP contribution in [0.25, 0.3) is 0 Å². The Kier molecular flexibility index (Phi) is 6.39. The highest BCUT2D eigenvalue weighted by Gasteiger charge is 1.94. The third-order valence-corrected chi connectivity index (χ3v) is 1.49. The molecule has 68 valence electrons. The topological polar surface area (TPSA) is 20.2 Å². The van der Waals surface area contributed by atoms with Gasteiger partial charge in [-0.1, -0.05) is 44.2 Å². The van der Waals surface area contributed by atoms with Crippen LogP contribution in [0.4, 0.5) is 0 Å². The number of aliphatic hydroxyl groups is 1. The number of aliphatic hydroxyl groups excluding tert-OH is 1. The predicted octanol–water partition coefficient (Wildman–Crippen LogP) is 2.49. The lowest BCUT2D eigenvalue weighted by molar-refractivity contribution is 0.399. The van der Waals surface area contributed by atoms with Gasteiger partial charge in [0.1, 0.15) is 0 Å². The van der Waals surface area contributed by atoms with Gasteiger partial charge in [-0.15, -0.1) is 0 Å². The highest BCUT2D eigenvalue weighted by Crippen LogP contribution is 2.05. The molecule has 0 aromatic heterocycles. The minimum Gasteiger partial charge on any atom is -0.400 e. The maximum absolute atomic E-state index is 7.00. The van der Waals surface area contributed by atoms with Crippen LogP contribution in [0.2, 0.25) is 0 Å². The van der Waals surface area contributed by atoms with Crippen molar-refractivity contribution >= 4 is 0 Å². The van der Waals surface area contributed by atoms with E-state index in [-0.39, 0.29) is 0 Å². The van der Waals surface area contributed by atoms with Crippen molar-refractivity contribution in [1.29, 1.82) is 0 Å². The van der Waals surface area contributed by atoms with Crippen molar-refractivity contribution < 1.29 is 5.11 Å². The molecule has 0 bridgehead atoms. The monoisotopic (exact) mass is 166 g/mol. The summed E-state index contributed by atoms with van der Waals surface area (Å²) in [5.74, 6) is 0.766. The van der Waals surface area contributed by atoms with Crippen LogP contribution in [0.3, 0.4) is 0 Å². The van der Waals surface area contributed by atoms with E-state index in [9.17, 15) is 0 Å². The number of benzene rings is 1. The lowest BCUT2D eigenvalue weighted by Crippen LogP contribution is -1.92. The number of rotatable bonds is 2. The molecular weight excluding hydrogens is 148 g/mol. The van der Waals surface area contributed by atoms with Crippen molar-refractivity contribution in [3.05, 3.63) is 35.9 Å². The largest absolute Gasteiger partial charge is 0.400 e. The Labute approximate surface area is 75.1 Å². The molecule has 0 radical (unpaired) electrons. The summed E-state index contributed by atoms with van der Waals surface area (Å²) >= 11 is 0. The molecular formula is C11H18O. The fourth-order valence-corrected chi connectivity index (χ4v) is 1.09. The molecule has 0 fully saturated rings. The van der Waals surface area contributed by atoms with Crippen molar-refractivity contribution in [2.24, 2.45) is 5.92 Å². The zero-order chi connectivity index (χ0) is 9.40. The van der Waals surface area contributed by atoms with Gasteiger partial charge in [0.15, 0.2) is 0 Å². The smallest absolute Gasteiger partial charge is 0.0319 e. The van der Waals surface area contributed by atoms with E-state index in [0.717, 1.165) is 13.0 Å². The first-order chi connectivity index (χ1) is 5.79. The quantitative estimate of drug-likeness (QED) is 0.715. The first kappa shape index (κ1) is 11.2. The molecule has 1 N–H and O–H groups in total. The van der Waals surface area contributed by atoms with Gasteiger partial charge in [-0.3, -0.25) is 0 Å². The molecule has 0 heterocycles. The van der Waals surface area contributed by atoms with Gasteiger partial charge < -0.3 is 5.11 Å². The Balaban J connectivity index is 0.000000561. The second-order valence-electron chi connectivity index (χ2n) is 3.08. The molecule has 1 heteroatoms. The van der Waals surface area contributed by atoms with Crippen LogP contribution in [-0.2, 0) is 6.42 Å². The zero-order valence-corrected chi connectivity index (χ0v) is 8.12. The molecule has 1 nitrogen and oxygen atoms in total. The Morgan fingerprint density at radius 3 is 2.00 bits per heavy atom. The zero-order valence-electron chi connectivity index (χ0n) is 8.12. The average Bonchev–Trinajstić information content (AvgIpc) is 2.08. The van der Waals surface area contributed by atoms with Crippen molar-refractivity contribution in [3.8, 4) is 0 Å². The number of hydrogen-bond acceptors (Lipinski definition) is 1.